The monoisotopic (exact) mass is 734 g/mol. The van der Waals surface area contributed by atoms with Gasteiger partial charge in [0.2, 0.25) is 0 Å². The highest BCUT2D eigenvalue weighted by Gasteiger charge is 2.22. The maximum Gasteiger partial charge on any atom is -0.00257 e. The first-order valence-corrected chi connectivity index (χ1v) is 24.3. The van der Waals surface area contributed by atoms with Gasteiger partial charge in [0, 0.05) is 0 Å². The summed E-state index contributed by atoms with van der Waals surface area (Å²) in [6.45, 7) is 0. The van der Waals surface area contributed by atoms with Crippen LogP contribution in [0.3, 0.4) is 0 Å². The van der Waals surface area contributed by atoms with Crippen molar-refractivity contribution >= 4 is 63.1 Å². The molecule has 0 aliphatic rings. The molecule has 0 heterocycles. The molecule has 0 unspecified atom stereocenters. The Morgan fingerprint density at radius 3 is 1.07 bits per heavy atom. The van der Waals surface area contributed by atoms with Crippen LogP contribution in [-0.4, -0.2) is 37.5 Å². The first-order chi connectivity index (χ1) is 26.0. The minimum Gasteiger partial charge on any atom is -0.223 e. The summed E-state index contributed by atoms with van der Waals surface area (Å²) in [4.78, 5) is 2.85. The van der Waals surface area contributed by atoms with Crippen molar-refractivity contribution in [3.8, 4) is 44.5 Å². The molecule has 0 nitrogen and oxygen atoms in total. The zero-order valence-electron chi connectivity index (χ0n) is 32.0. The molecular weight excluding hydrogens is 689 g/mol. The molecule has 2 heteroatoms. The van der Waals surface area contributed by atoms with E-state index in [2.05, 4.69) is 207 Å². The summed E-state index contributed by atoms with van der Waals surface area (Å²) in [6.07, 6.45) is 14.4. The minimum absolute atomic E-state index is 0.986. The Bertz CT molecular complexity index is 2690. The third kappa shape index (κ3) is 6.08. The smallest absolute Gasteiger partial charge is 0.00257 e. The highest BCUT2D eigenvalue weighted by Crippen LogP contribution is 2.53. The predicted molar refractivity (Wildman–Crippen MR) is 245 cm³/mol. The fraction of sp³-hybridized carbons (Fsp3) is 0.115. The SMILES string of the molecule is CS(C)(C)c1ccc2c(-c3cccc(-c4cccc5ccccc45)c3)c3cc(S(C)(C)C)ccc3c(-c3cccc(-c4cccc5ccccc45)c3)c2c1. The fourth-order valence-electron chi connectivity index (χ4n) is 8.21. The Morgan fingerprint density at radius 2 is 0.648 bits per heavy atom. The van der Waals surface area contributed by atoms with Crippen molar-refractivity contribution < 1.29 is 0 Å². The molecule has 9 aromatic carbocycles. The van der Waals surface area contributed by atoms with Gasteiger partial charge in [-0.2, -0.15) is 0 Å². The first-order valence-electron chi connectivity index (χ1n) is 18.6. The lowest BCUT2D eigenvalue weighted by Gasteiger charge is -2.29. The average Bonchev–Trinajstić information content (AvgIpc) is 3.18. The van der Waals surface area contributed by atoms with Crippen molar-refractivity contribution in [3.05, 3.63) is 170 Å². The maximum absolute atomic E-state index is 2.52. The molecule has 266 valence electrons. The molecule has 0 aromatic heterocycles. The quantitative estimate of drug-likeness (QED) is 0.149. The molecule has 0 atom stereocenters. The van der Waals surface area contributed by atoms with Crippen LogP contribution in [0.1, 0.15) is 0 Å². The van der Waals surface area contributed by atoms with Crippen molar-refractivity contribution in [1.29, 1.82) is 0 Å². The second-order valence-corrected chi connectivity index (χ2v) is 24.3. The molecule has 0 amide bonds. The Hall–Kier alpha value is -5.28. The average molecular weight is 735 g/mol. The lowest BCUT2D eigenvalue weighted by atomic mass is 9.84. The molecule has 54 heavy (non-hydrogen) atoms. The second-order valence-electron chi connectivity index (χ2n) is 16.1. The molecule has 9 rings (SSSR count). The molecule has 0 bridgehead atoms. The van der Waals surface area contributed by atoms with E-state index in [0.29, 0.717) is 0 Å². The van der Waals surface area contributed by atoms with Crippen LogP contribution in [0.4, 0.5) is 0 Å². The van der Waals surface area contributed by atoms with E-state index in [-0.39, 0.29) is 0 Å². The van der Waals surface area contributed by atoms with Gasteiger partial charge in [-0.3, -0.25) is 0 Å². The lowest BCUT2D eigenvalue weighted by molar-refractivity contribution is 1.46. The summed E-state index contributed by atoms with van der Waals surface area (Å²) < 4.78 is 0. The first kappa shape index (κ1) is 34.5. The highest BCUT2D eigenvalue weighted by atomic mass is 32.3. The van der Waals surface area contributed by atoms with Gasteiger partial charge in [-0.1, -0.05) is 133 Å². The van der Waals surface area contributed by atoms with Crippen LogP contribution in [0.25, 0.3) is 87.6 Å². The number of fused-ring (bicyclic) bond motifs is 4. The number of benzene rings is 9. The Labute approximate surface area is 323 Å². The van der Waals surface area contributed by atoms with E-state index in [4.69, 9.17) is 0 Å². The van der Waals surface area contributed by atoms with Gasteiger partial charge in [-0.05, 0) is 171 Å². The van der Waals surface area contributed by atoms with Gasteiger partial charge >= 0.3 is 0 Å². The van der Waals surface area contributed by atoms with Crippen molar-refractivity contribution in [2.24, 2.45) is 0 Å². The van der Waals surface area contributed by atoms with E-state index in [1.807, 2.05) is 0 Å². The van der Waals surface area contributed by atoms with E-state index < -0.39 is 20.1 Å². The molecule has 0 N–H and O–H groups in total. The van der Waals surface area contributed by atoms with Crippen molar-refractivity contribution in [2.75, 3.05) is 37.5 Å². The second kappa shape index (κ2) is 13.2. The van der Waals surface area contributed by atoms with Crippen LogP contribution < -0.4 is 0 Å². The number of hydrogen-bond donors (Lipinski definition) is 0. The van der Waals surface area contributed by atoms with E-state index in [1.165, 1.54) is 97.4 Å². The summed E-state index contributed by atoms with van der Waals surface area (Å²) >= 11 is 0. The summed E-state index contributed by atoms with van der Waals surface area (Å²) in [5, 5.41) is 10.3. The zero-order valence-corrected chi connectivity index (χ0v) is 33.6. The molecular formula is C52H46S2. The van der Waals surface area contributed by atoms with E-state index in [9.17, 15) is 0 Å². The normalized spacial score (nSPS) is 12.9. The van der Waals surface area contributed by atoms with Crippen LogP contribution in [0.5, 0.6) is 0 Å². The Kier molecular flexibility index (Phi) is 8.45. The number of hydrogen-bond acceptors (Lipinski definition) is 0. The molecule has 0 radical (unpaired) electrons. The van der Waals surface area contributed by atoms with Crippen molar-refractivity contribution in [2.45, 2.75) is 9.79 Å². The van der Waals surface area contributed by atoms with Crippen LogP contribution in [0, 0.1) is 0 Å². The minimum atomic E-state index is -0.986. The molecule has 0 fully saturated rings. The maximum atomic E-state index is 2.52. The standard InChI is InChI=1S/C52H46S2/c1-53(2,3)41-27-29-47-49(33-41)51(39-21-11-19-37(31-39)45-25-13-17-35-15-7-9-23-43(35)45)48-30-28-42(54(4,5)6)34-50(48)52(47)40-22-12-20-38(32-40)46-26-14-18-36-16-8-10-24-44(36)46/h7-34H,1-6H3. The van der Waals surface area contributed by atoms with Gasteiger partial charge in [-0.15, -0.1) is 0 Å². The van der Waals surface area contributed by atoms with Crippen molar-refractivity contribution in [3.63, 3.8) is 0 Å². The fourth-order valence-corrected chi connectivity index (χ4v) is 10.1. The molecule has 0 spiro atoms. The molecule has 0 saturated carbocycles. The topological polar surface area (TPSA) is 0 Å². The predicted octanol–water partition coefficient (Wildman–Crippen LogP) is 15.1. The lowest BCUT2D eigenvalue weighted by Crippen LogP contribution is -1.98. The van der Waals surface area contributed by atoms with Crippen LogP contribution in [0.15, 0.2) is 180 Å². The van der Waals surface area contributed by atoms with Gasteiger partial charge < -0.3 is 0 Å². The third-order valence-corrected chi connectivity index (χ3v) is 14.3. The van der Waals surface area contributed by atoms with Crippen LogP contribution >= 0.6 is 20.1 Å². The van der Waals surface area contributed by atoms with E-state index in [1.54, 1.807) is 0 Å². The molecule has 0 aliphatic carbocycles. The van der Waals surface area contributed by atoms with Crippen molar-refractivity contribution in [1.82, 2.24) is 0 Å². The summed E-state index contributed by atoms with van der Waals surface area (Å²) in [5.41, 5.74) is 10.2. The summed E-state index contributed by atoms with van der Waals surface area (Å²) in [6, 6.07) is 64.0. The molecule has 0 saturated heterocycles. The van der Waals surface area contributed by atoms with Gasteiger partial charge in [0.05, 0.1) is 0 Å². The van der Waals surface area contributed by atoms with Gasteiger partial charge in [-0.25, -0.2) is 20.1 Å². The van der Waals surface area contributed by atoms with E-state index >= 15 is 0 Å². The number of rotatable bonds is 6. The van der Waals surface area contributed by atoms with Gasteiger partial charge in [0.15, 0.2) is 0 Å². The van der Waals surface area contributed by atoms with Gasteiger partial charge in [0.1, 0.15) is 0 Å². The third-order valence-electron chi connectivity index (χ3n) is 11.0. The van der Waals surface area contributed by atoms with Crippen LogP contribution in [-0.2, 0) is 0 Å². The van der Waals surface area contributed by atoms with Crippen LogP contribution in [0.2, 0.25) is 0 Å². The highest BCUT2D eigenvalue weighted by molar-refractivity contribution is 8.32. The van der Waals surface area contributed by atoms with E-state index in [0.717, 1.165) is 0 Å². The molecule has 9 aromatic rings. The summed E-state index contributed by atoms with van der Waals surface area (Å²) in [5.74, 6) is 0. The Morgan fingerprint density at radius 1 is 0.278 bits per heavy atom. The largest absolute Gasteiger partial charge is 0.223 e. The molecule has 0 aliphatic heterocycles. The van der Waals surface area contributed by atoms with Gasteiger partial charge in [0.25, 0.3) is 0 Å². The Balaban J connectivity index is 1.37. The summed E-state index contributed by atoms with van der Waals surface area (Å²) in [7, 11) is -1.97. The zero-order chi connectivity index (χ0) is 37.2.